The van der Waals surface area contributed by atoms with Crippen molar-refractivity contribution in [3.05, 3.63) is 31.0 Å². The van der Waals surface area contributed by atoms with E-state index < -0.39 is 0 Å². The van der Waals surface area contributed by atoms with Crippen molar-refractivity contribution in [2.24, 2.45) is 5.92 Å². The van der Waals surface area contributed by atoms with Crippen LogP contribution >= 0.6 is 0 Å². The highest BCUT2D eigenvalue weighted by molar-refractivity contribution is 5.40. The summed E-state index contributed by atoms with van der Waals surface area (Å²) in [4.78, 5) is 12.9. The summed E-state index contributed by atoms with van der Waals surface area (Å²) in [6, 6.07) is 2.21. The lowest BCUT2D eigenvalue weighted by Crippen LogP contribution is -2.43. The Labute approximate surface area is 142 Å². The minimum absolute atomic E-state index is 0.228. The Bertz CT molecular complexity index is 615. The zero-order valence-corrected chi connectivity index (χ0v) is 14.4. The Morgan fingerprint density at radius 3 is 3.08 bits per heavy atom. The van der Waals surface area contributed by atoms with Gasteiger partial charge in [0.1, 0.15) is 5.82 Å². The average Bonchev–Trinajstić information content (AvgIpc) is 3.09. The van der Waals surface area contributed by atoms with E-state index in [-0.39, 0.29) is 6.10 Å². The van der Waals surface area contributed by atoms with Crippen molar-refractivity contribution in [3.8, 4) is 0 Å². The van der Waals surface area contributed by atoms with E-state index in [0.717, 1.165) is 38.4 Å². The molecule has 0 aliphatic carbocycles. The van der Waals surface area contributed by atoms with Crippen LogP contribution in [0.25, 0.3) is 0 Å². The molecule has 2 atom stereocenters. The summed E-state index contributed by atoms with van der Waals surface area (Å²) in [5.74, 6) is 1.96. The number of hydrogen-bond acceptors (Lipinski definition) is 6. The van der Waals surface area contributed by atoms with E-state index in [4.69, 9.17) is 4.74 Å². The molecular weight excluding hydrogens is 304 g/mol. The molecule has 3 rings (SSSR count). The lowest BCUT2D eigenvalue weighted by Gasteiger charge is -2.35. The first kappa shape index (κ1) is 16.7. The van der Waals surface area contributed by atoms with Crippen LogP contribution in [0.15, 0.2) is 31.0 Å². The zero-order valence-electron chi connectivity index (χ0n) is 14.4. The first-order chi connectivity index (χ1) is 11.7. The molecule has 1 aliphatic rings. The van der Waals surface area contributed by atoms with Gasteiger partial charge in [0.2, 0.25) is 5.95 Å². The van der Waals surface area contributed by atoms with E-state index in [1.165, 1.54) is 0 Å². The summed E-state index contributed by atoms with van der Waals surface area (Å²) in [6.45, 7) is 6.83. The lowest BCUT2D eigenvalue weighted by molar-refractivity contribution is -0.0203. The van der Waals surface area contributed by atoms with E-state index in [1.54, 1.807) is 18.7 Å². The molecule has 0 radical (unpaired) electrons. The number of nitrogens with zero attached hydrogens (tertiary/aromatic N) is 4. The molecule has 1 saturated heterocycles. The van der Waals surface area contributed by atoms with Gasteiger partial charge in [0.05, 0.1) is 18.5 Å². The molecule has 2 N–H and O–H groups in total. The van der Waals surface area contributed by atoms with Crippen LogP contribution in [-0.4, -0.2) is 44.8 Å². The molecule has 7 heteroatoms. The summed E-state index contributed by atoms with van der Waals surface area (Å²) in [5, 5.41) is 6.78. The summed E-state index contributed by atoms with van der Waals surface area (Å²) in [6.07, 6.45) is 9.72. The first-order valence-electron chi connectivity index (χ1n) is 8.63. The van der Waals surface area contributed by atoms with Gasteiger partial charge in [-0.15, -0.1) is 0 Å². The fourth-order valence-electron chi connectivity index (χ4n) is 3.04. The Kier molecular flexibility index (Phi) is 5.63. The third kappa shape index (κ3) is 4.44. The Morgan fingerprint density at radius 1 is 1.38 bits per heavy atom. The highest BCUT2D eigenvalue weighted by Gasteiger charge is 2.28. The number of ether oxygens (including phenoxy) is 1. The van der Waals surface area contributed by atoms with Crippen LogP contribution in [0, 0.1) is 5.92 Å². The molecule has 130 valence electrons. The van der Waals surface area contributed by atoms with Gasteiger partial charge >= 0.3 is 0 Å². The molecule has 0 unspecified atom stereocenters. The average molecular weight is 330 g/mol. The molecule has 0 bridgehead atoms. The quantitative estimate of drug-likeness (QED) is 0.812. The first-order valence-corrected chi connectivity index (χ1v) is 8.63. The SMILES string of the molecule is CC(C)[C@@H]1OCCC[C@@H]1Nc1ccnc(NCCn2ccnc2)n1. The monoisotopic (exact) mass is 330 g/mol. The maximum absolute atomic E-state index is 5.93. The molecule has 0 aromatic carbocycles. The van der Waals surface area contributed by atoms with Crippen LogP contribution in [0.1, 0.15) is 26.7 Å². The number of hydrogen-bond donors (Lipinski definition) is 2. The van der Waals surface area contributed by atoms with Crippen molar-refractivity contribution in [2.75, 3.05) is 23.8 Å². The Hall–Kier alpha value is -2.15. The molecular formula is C17H26N6O. The van der Waals surface area contributed by atoms with Crippen molar-refractivity contribution in [3.63, 3.8) is 0 Å². The fourth-order valence-corrected chi connectivity index (χ4v) is 3.04. The third-order valence-corrected chi connectivity index (χ3v) is 4.22. The smallest absolute Gasteiger partial charge is 0.224 e. The fraction of sp³-hybridized carbons (Fsp3) is 0.588. The predicted molar refractivity (Wildman–Crippen MR) is 94.0 cm³/mol. The predicted octanol–water partition coefficient (Wildman–Crippen LogP) is 2.40. The second-order valence-electron chi connectivity index (χ2n) is 6.47. The molecule has 2 aromatic heterocycles. The van der Waals surface area contributed by atoms with Gasteiger partial charge in [0, 0.05) is 38.3 Å². The second-order valence-corrected chi connectivity index (χ2v) is 6.47. The molecule has 0 spiro atoms. The maximum atomic E-state index is 5.93. The standard InChI is InChI=1S/C17H26N6O/c1-13(2)16-14(4-3-11-24-16)21-15-5-6-19-17(22-15)20-8-10-23-9-7-18-12-23/h5-7,9,12-14,16H,3-4,8,10-11H2,1-2H3,(H2,19,20,21,22)/t14-,16-/m0/s1. The molecule has 0 saturated carbocycles. The molecule has 7 nitrogen and oxygen atoms in total. The van der Waals surface area contributed by atoms with E-state index in [2.05, 4.69) is 39.4 Å². The highest BCUT2D eigenvalue weighted by atomic mass is 16.5. The number of imidazole rings is 1. The van der Waals surface area contributed by atoms with Crippen molar-refractivity contribution in [1.82, 2.24) is 19.5 Å². The molecule has 3 heterocycles. The van der Waals surface area contributed by atoms with E-state index in [9.17, 15) is 0 Å². The van der Waals surface area contributed by atoms with Crippen LogP contribution in [-0.2, 0) is 11.3 Å². The second kappa shape index (κ2) is 8.10. The Morgan fingerprint density at radius 2 is 2.29 bits per heavy atom. The van der Waals surface area contributed by atoms with E-state index in [0.29, 0.717) is 17.9 Å². The summed E-state index contributed by atoms with van der Waals surface area (Å²) < 4.78 is 7.95. The number of nitrogens with one attached hydrogen (secondary N) is 2. The van der Waals surface area contributed by atoms with Gasteiger partial charge in [-0.25, -0.2) is 9.97 Å². The van der Waals surface area contributed by atoms with Crippen molar-refractivity contribution < 1.29 is 4.74 Å². The number of rotatable bonds is 7. The van der Waals surface area contributed by atoms with E-state index in [1.807, 2.05) is 16.8 Å². The number of aromatic nitrogens is 4. The summed E-state index contributed by atoms with van der Waals surface area (Å²) >= 11 is 0. The summed E-state index contributed by atoms with van der Waals surface area (Å²) in [5.41, 5.74) is 0. The van der Waals surface area contributed by atoms with Crippen LogP contribution in [0.4, 0.5) is 11.8 Å². The zero-order chi connectivity index (χ0) is 16.8. The van der Waals surface area contributed by atoms with Gasteiger partial charge in [-0.1, -0.05) is 13.8 Å². The van der Waals surface area contributed by atoms with Gasteiger partial charge in [-0.05, 0) is 24.8 Å². The largest absolute Gasteiger partial charge is 0.376 e. The summed E-state index contributed by atoms with van der Waals surface area (Å²) in [7, 11) is 0. The van der Waals surface area contributed by atoms with Gasteiger partial charge in [0.25, 0.3) is 0 Å². The van der Waals surface area contributed by atoms with Crippen molar-refractivity contribution in [1.29, 1.82) is 0 Å². The van der Waals surface area contributed by atoms with Crippen molar-refractivity contribution >= 4 is 11.8 Å². The van der Waals surface area contributed by atoms with E-state index >= 15 is 0 Å². The van der Waals surface area contributed by atoms with Crippen LogP contribution in [0.3, 0.4) is 0 Å². The lowest BCUT2D eigenvalue weighted by atomic mass is 9.94. The van der Waals surface area contributed by atoms with Gasteiger partial charge in [-0.2, -0.15) is 4.98 Å². The molecule has 1 fully saturated rings. The topological polar surface area (TPSA) is 76.9 Å². The minimum atomic E-state index is 0.228. The third-order valence-electron chi connectivity index (χ3n) is 4.22. The number of anilines is 2. The highest BCUT2D eigenvalue weighted by Crippen LogP contribution is 2.23. The molecule has 2 aromatic rings. The Balaban J connectivity index is 1.56. The molecule has 1 aliphatic heterocycles. The van der Waals surface area contributed by atoms with Crippen LogP contribution < -0.4 is 10.6 Å². The minimum Gasteiger partial charge on any atom is -0.376 e. The van der Waals surface area contributed by atoms with Gasteiger partial charge < -0.3 is 19.9 Å². The normalized spacial score (nSPS) is 21.0. The van der Waals surface area contributed by atoms with Crippen molar-refractivity contribution in [2.45, 2.75) is 45.4 Å². The van der Waals surface area contributed by atoms with Crippen LogP contribution in [0.5, 0.6) is 0 Å². The van der Waals surface area contributed by atoms with Gasteiger partial charge in [-0.3, -0.25) is 0 Å². The maximum Gasteiger partial charge on any atom is 0.224 e. The van der Waals surface area contributed by atoms with Gasteiger partial charge in [0.15, 0.2) is 0 Å². The molecule has 24 heavy (non-hydrogen) atoms. The van der Waals surface area contributed by atoms with Crippen LogP contribution in [0.2, 0.25) is 0 Å². The molecule has 0 amide bonds.